The first kappa shape index (κ1) is 19.2. The molecule has 0 amide bonds. The molecule has 0 spiro atoms. The van der Waals surface area contributed by atoms with Crippen LogP contribution in [-0.2, 0) is 0 Å². The molecule has 0 aliphatic carbocycles. The fourth-order valence-corrected chi connectivity index (χ4v) is 3.62. The fraction of sp³-hybridized carbons (Fsp3) is 0.0833. The Bertz CT molecular complexity index is 1180. The Kier molecular flexibility index (Phi) is 5.07. The number of hydrogen-bond acceptors (Lipinski definition) is 4. The third kappa shape index (κ3) is 3.74. The molecule has 0 saturated heterocycles. The monoisotopic (exact) mass is 448 g/mol. The molecule has 29 heavy (non-hydrogen) atoms. The van der Waals surface area contributed by atoms with Gasteiger partial charge in [0.2, 0.25) is 5.78 Å². The largest absolute Gasteiger partial charge is 0.452 e. The van der Waals surface area contributed by atoms with Gasteiger partial charge in [-0.25, -0.2) is 4.79 Å². The summed E-state index contributed by atoms with van der Waals surface area (Å²) in [6.45, 7) is 3.76. The Morgan fingerprint density at radius 3 is 2.59 bits per heavy atom. The molecule has 0 aromatic heterocycles. The van der Waals surface area contributed by atoms with Gasteiger partial charge in [0, 0.05) is 10.0 Å². The first-order valence-electron chi connectivity index (χ1n) is 9.05. The van der Waals surface area contributed by atoms with Crippen molar-refractivity contribution in [2.75, 3.05) is 0 Å². The van der Waals surface area contributed by atoms with Crippen LogP contribution in [0.3, 0.4) is 0 Å². The van der Waals surface area contributed by atoms with Gasteiger partial charge in [0.1, 0.15) is 11.5 Å². The number of ketones is 1. The van der Waals surface area contributed by atoms with E-state index in [1.165, 1.54) is 0 Å². The van der Waals surface area contributed by atoms with Crippen molar-refractivity contribution >= 4 is 33.8 Å². The van der Waals surface area contributed by atoms with Crippen LogP contribution in [0, 0.1) is 13.8 Å². The van der Waals surface area contributed by atoms with Crippen LogP contribution in [0.15, 0.2) is 70.9 Å². The molecule has 4 nitrogen and oxygen atoms in total. The Balaban J connectivity index is 1.63. The molecule has 4 rings (SSSR count). The lowest BCUT2D eigenvalue weighted by Crippen LogP contribution is -2.10. The summed E-state index contributed by atoms with van der Waals surface area (Å²) in [5, 5.41) is 0. The van der Waals surface area contributed by atoms with Crippen molar-refractivity contribution in [3.8, 4) is 11.5 Å². The van der Waals surface area contributed by atoms with E-state index >= 15 is 0 Å². The standard InChI is InChI=1S/C24H17BrO4/c1-14-6-5-7-16(12-14)13-21-22(26)18-10-11-20(15(2)23(18)28-21)29-24(27)17-8-3-4-9-19(17)25/h3-13H,1-2H3/b21-13-. The van der Waals surface area contributed by atoms with Gasteiger partial charge in [0.25, 0.3) is 0 Å². The number of carbonyl (C=O) groups is 2. The Morgan fingerprint density at radius 1 is 1.03 bits per heavy atom. The Labute approximate surface area is 176 Å². The van der Waals surface area contributed by atoms with Gasteiger partial charge in [-0.05, 0) is 65.7 Å². The number of carbonyl (C=O) groups excluding carboxylic acids is 2. The number of allylic oxidation sites excluding steroid dienone is 1. The van der Waals surface area contributed by atoms with Crippen LogP contribution in [-0.4, -0.2) is 11.8 Å². The normalized spacial score (nSPS) is 13.9. The molecule has 0 N–H and O–H groups in total. The van der Waals surface area contributed by atoms with E-state index in [9.17, 15) is 9.59 Å². The number of hydrogen-bond donors (Lipinski definition) is 0. The molecule has 0 atom stereocenters. The second kappa shape index (κ2) is 7.68. The summed E-state index contributed by atoms with van der Waals surface area (Å²) in [5.41, 5.74) is 3.47. The quantitative estimate of drug-likeness (QED) is 0.284. The number of rotatable bonds is 3. The third-order valence-corrected chi connectivity index (χ3v) is 5.36. The topological polar surface area (TPSA) is 52.6 Å². The molecule has 1 aliphatic rings. The summed E-state index contributed by atoms with van der Waals surface area (Å²) in [5.74, 6) is 0.358. The lowest BCUT2D eigenvalue weighted by Gasteiger charge is -2.10. The van der Waals surface area contributed by atoms with E-state index in [1.807, 2.05) is 37.3 Å². The molecular formula is C24H17BrO4. The first-order valence-corrected chi connectivity index (χ1v) is 9.84. The van der Waals surface area contributed by atoms with Crippen LogP contribution in [0.2, 0.25) is 0 Å². The number of halogens is 1. The molecule has 0 unspecified atom stereocenters. The van der Waals surface area contributed by atoms with E-state index in [4.69, 9.17) is 9.47 Å². The van der Waals surface area contributed by atoms with Gasteiger partial charge in [-0.15, -0.1) is 0 Å². The molecule has 1 aliphatic heterocycles. The van der Waals surface area contributed by atoms with E-state index in [2.05, 4.69) is 15.9 Å². The zero-order chi connectivity index (χ0) is 20.5. The second-order valence-electron chi connectivity index (χ2n) is 6.79. The summed E-state index contributed by atoms with van der Waals surface area (Å²) in [4.78, 5) is 25.2. The van der Waals surface area contributed by atoms with Crippen molar-refractivity contribution in [3.63, 3.8) is 0 Å². The second-order valence-corrected chi connectivity index (χ2v) is 7.64. The molecule has 1 heterocycles. The number of Topliss-reactive ketones (excluding diaryl/α,β-unsaturated/α-hetero) is 1. The van der Waals surface area contributed by atoms with E-state index in [-0.39, 0.29) is 11.5 Å². The highest BCUT2D eigenvalue weighted by atomic mass is 79.9. The summed E-state index contributed by atoms with van der Waals surface area (Å²) in [7, 11) is 0. The minimum Gasteiger partial charge on any atom is -0.452 e. The van der Waals surface area contributed by atoms with E-state index in [0.717, 1.165) is 11.1 Å². The Hall–Kier alpha value is -3.18. The van der Waals surface area contributed by atoms with Gasteiger partial charge in [-0.3, -0.25) is 4.79 Å². The third-order valence-electron chi connectivity index (χ3n) is 4.67. The number of aryl methyl sites for hydroxylation is 1. The van der Waals surface area contributed by atoms with Crippen LogP contribution < -0.4 is 9.47 Å². The molecular weight excluding hydrogens is 432 g/mol. The van der Waals surface area contributed by atoms with Gasteiger partial charge in [-0.2, -0.15) is 0 Å². The molecule has 144 valence electrons. The van der Waals surface area contributed by atoms with Gasteiger partial charge in [0.15, 0.2) is 5.76 Å². The van der Waals surface area contributed by atoms with E-state index in [1.54, 1.807) is 43.3 Å². The lowest BCUT2D eigenvalue weighted by molar-refractivity contribution is 0.0732. The molecule has 0 radical (unpaired) electrons. The zero-order valence-corrected chi connectivity index (χ0v) is 17.4. The summed E-state index contributed by atoms with van der Waals surface area (Å²) < 4.78 is 12.1. The maximum atomic E-state index is 12.7. The van der Waals surface area contributed by atoms with E-state index < -0.39 is 5.97 Å². The SMILES string of the molecule is Cc1cccc(/C=C2\Oc3c(ccc(OC(=O)c4ccccc4Br)c3C)C2=O)c1. The molecule has 0 bridgehead atoms. The van der Waals surface area contributed by atoms with Crippen LogP contribution in [0.5, 0.6) is 11.5 Å². The van der Waals surface area contributed by atoms with Crippen LogP contribution in [0.1, 0.15) is 37.4 Å². The number of esters is 1. The maximum Gasteiger partial charge on any atom is 0.344 e. The smallest absolute Gasteiger partial charge is 0.344 e. The highest BCUT2D eigenvalue weighted by Crippen LogP contribution is 2.39. The minimum atomic E-state index is -0.486. The zero-order valence-electron chi connectivity index (χ0n) is 15.9. The fourth-order valence-electron chi connectivity index (χ4n) is 3.17. The summed E-state index contributed by atoms with van der Waals surface area (Å²) in [6.07, 6.45) is 1.72. The van der Waals surface area contributed by atoms with Crippen molar-refractivity contribution in [2.45, 2.75) is 13.8 Å². The van der Waals surface area contributed by atoms with Gasteiger partial charge in [0.05, 0.1) is 11.1 Å². The van der Waals surface area contributed by atoms with Crippen LogP contribution in [0.4, 0.5) is 0 Å². The number of ether oxygens (including phenoxy) is 2. The first-order chi connectivity index (χ1) is 13.9. The molecule has 3 aromatic carbocycles. The number of fused-ring (bicyclic) bond motifs is 1. The average molecular weight is 449 g/mol. The van der Waals surface area contributed by atoms with Crippen molar-refractivity contribution < 1.29 is 19.1 Å². The van der Waals surface area contributed by atoms with Crippen molar-refractivity contribution in [1.82, 2.24) is 0 Å². The lowest BCUT2D eigenvalue weighted by atomic mass is 10.1. The highest BCUT2D eigenvalue weighted by Gasteiger charge is 2.30. The highest BCUT2D eigenvalue weighted by molar-refractivity contribution is 9.10. The Morgan fingerprint density at radius 2 is 1.83 bits per heavy atom. The van der Waals surface area contributed by atoms with Gasteiger partial charge >= 0.3 is 5.97 Å². The predicted octanol–water partition coefficient (Wildman–Crippen LogP) is 5.90. The van der Waals surface area contributed by atoms with Gasteiger partial charge < -0.3 is 9.47 Å². The average Bonchev–Trinajstić information content (AvgIpc) is 3.01. The van der Waals surface area contributed by atoms with Crippen LogP contribution in [0.25, 0.3) is 6.08 Å². The van der Waals surface area contributed by atoms with Crippen molar-refractivity contribution in [3.05, 3.63) is 98.7 Å². The minimum absolute atomic E-state index is 0.187. The van der Waals surface area contributed by atoms with Gasteiger partial charge in [-0.1, -0.05) is 42.0 Å². The maximum absolute atomic E-state index is 12.7. The molecule has 0 saturated carbocycles. The van der Waals surface area contributed by atoms with Crippen LogP contribution >= 0.6 is 15.9 Å². The van der Waals surface area contributed by atoms with E-state index in [0.29, 0.717) is 32.7 Å². The number of benzene rings is 3. The predicted molar refractivity (Wildman–Crippen MR) is 114 cm³/mol. The molecule has 3 aromatic rings. The summed E-state index contributed by atoms with van der Waals surface area (Å²) in [6, 6.07) is 18.1. The van der Waals surface area contributed by atoms with Crippen molar-refractivity contribution in [2.24, 2.45) is 0 Å². The summed E-state index contributed by atoms with van der Waals surface area (Å²) >= 11 is 3.35. The van der Waals surface area contributed by atoms with Crippen molar-refractivity contribution in [1.29, 1.82) is 0 Å². The molecule has 5 heteroatoms. The molecule has 0 fully saturated rings.